The molecular formula is C17H21NO. The second kappa shape index (κ2) is 6.50. The van der Waals surface area contributed by atoms with Crippen LogP contribution in [-0.2, 0) is 6.54 Å². The molecule has 100 valence electrons. The van der Waals surface area contributed by atoms with Gasteiger partial charge in [-0.3, -0.25) is 0 Å². The zero-order valence-corrected chi connectivity index (χ0v) is 11.6. The molecular weight excluding hydrogens is 234 g/mol. The molecule has 2 aromatic carbocycles. The van der Waals surface area contributed by atoms with E-state index in [1.807, 2.05) is 31.2 Å². The molecule has 1 atom stereocenters. The predicted molar refractivity (Wildman–Crippen MR) is 79.0 cm³/mol. The molecule has 0 aliphatic heterocycles. The van der Waals surface area contributed by atoms with Crippen LogP contribution in [0.2, 0.25) is 0 Å². The lowest BCUT2D eigenvalue weighted by molar-refractivity contribution is 0.174. The first kappa shape index (κ1) is 13.8. The standard InChI is InChI=1S/C17H21NO/c1-13-6-8-16(9-7-13)17(19)12-18-11-15-5-3-4-14(2)10-15/h3-10,17-19H,11-12H2,1-2H3. The molecule has 0 heterocycles. The maximum atomic E-state index is 10.1. The molecule has 0 fully saturated rings. The van der Waals surface area contributed by atoms with Crippen LogP contribution in [0.4, 0.5) is 0 Å². The molecule has 0 spiro atoms. The van der Waals surface area contributed by atoms with Crippen molar-refractivity contribution in [3.63, 3.8) is 0 Å². The van der Waals surface area contributed by atoms with Crippen LogP contribution in [0.3, 0.4) is 0 Å². The van der Waals surface area contributed by atoms with Gasteiger partial charge < -0.3 is 10.4 Å². The van der Waals surface area contributed by atoms with Crippen LogP contribution >= 0.6 is 0 Å². The average molecular weight is 255 g/mol. The van der Waals surface area contributed by atoms with E-state index in [4.69, 9.17) is 0 Å². The SMILES string of the molecule is Cc1ccc(C(O)CNCc2cccc(C)c2)cc1. The van der Waals surface area contributed by atoms with Gasteiger partial charge >= 0.3 is 0 Å². The third kappa shape index (κ3) is 4.19. The zero-order chi connectivity index (χ0) is 13.7. The first-order valence-electron chi connectivity index (χ1n) is 6.66. The van der Waals surface area contributed by atoms with Gasteiger partial charge in [0.05, 0.1) is 6.10 Å². The third-order valence-corrected chi connectivity index (χ3v) is 3.21. The number of benzene rings is 2. The van der Waals surface area contributed by atoms with Crippen molar-refractivity contribution in [1.82, 2.24) is 5.32 Å². The van der Waals surface area contributed by atoms with Crippen molar-refractivity contribution >= 4 is 0 Å². The van der Waals surface area contributed by atoms with E-state index >= 15 is 0 Å². The van der Waals surface area contributed by atoms with Crippen LogP contribution in [0.5, 0.6) is 0 Å². The minimum absolute atomic E-state index is 0.453. The molecule has 19 heavy (non-hydrogen) atoms. The number of hydrogen-bond donors (Lipinski definition) is 2. The summed E-state index contributed by atoms with van der Waals surface area (Å²) >= 11 is 0. The first-order valence-corrected chi connectivity index (χ1v) is 6.66. The molecule has 0 aromatic heterocycles. The largest absolute Gasteiger partial charge is 0.387 e. The van der Waals surface area contributed by atoms with Gasteiger partial charge in [-0.25, -0.2) is 0 Å². The summed E-state index contributed by atoms with van der Waals surface area (Å²) in [6.07, 6.45) is -0.453. The average Bonchev–Trinajstić information content (AvgIpc) is 2.39. The maximum absolute atomic E-state index is 10.1. The highest BCUT2D eigenvalue weighted by atomic mass is 16.3. The molecule has 2 heteroatoms. The van der Waals surface area contributed by atoms with Crippen LogP contribution < -0.4 is 5.32 Å². The topological polar surface area (TPSA) is 32.3 Å². The van der Waals surface area contributed by atoms with E-state index in [0.717, 1.165) is 12.1 Å². The molecule has 0 aliphatic carbocycles. The Kier molecular flexibility index (Phi) is 4.72. The van der Waals surface area contributed by atoms with Crippen LogP contribution in [0.25, 0.3) is 0 Å². The van der Waals surface area contributed by atoms with Gasteiger partial charge in [0.2, 0.25) is 0 Å². The summed E-state index contributed by atoms with van der Waals surface area (Å²) in [5, 5.41) is 13.4. The lowest BCUT2D eigenvalue weighted by Crippen LogP contribution is -2.21. The van der Waals surface area contributed by atoms with Gasteiger partial charge in [0.25, 0.3) is 0 Å². The van der Waals surface area contributed by atoms with E-state index in [1.165, 1.54) is 16.7 Å². The molecule has 0 bridgehead atoms. The fourth-order valence-corrected chi connectivity index (χ4v) is 2.08. The maximum Gasteiger partial charge on any atom is 0.0914 e. The second-order valence-electron chi connectivity index (χ2n) is 5.05. The Balaban J connectivity index is 1.84. The minimum atomic E-state index is -0.453. The number of aliphatic hydroxyl groups excluding tert-OH is 1. The number of rotatable bonds is 5. The Labute approximate surface area is 115 Å². The van der Waals surface area contributed by atoms with Gasteiger partial charge in [0.15, 0.2) is 0 Å². The molecule has 0 saturated carbocycles. The highest BCUT2D eigenvalue weighted by Gasteiger charge is 2.06. The molecule has 0 saturated heterocycles. The van der Waals surface area contributed by atoms with E-state index < -0.39 is 6.10 Å². The summed E-state index contributed by atoms with van der Waals surface area (Å²) in [5.74, 6) is 0. The van der Waals surface area contributed by atoms with Gasteiger partial charge in [-0.05, 0) is 25.0 Å². The van der Waals surface area contributed by atoms with Crippen molar-refractivity contribution in [3.05, 3.63) is 70.8 Å². The van der Waals surface area contributed by atoms with Gasteiger partial charge in [0.1, 0.15) is 0 Å². The second-order valence-corrected chi connectivity index (χ2v) is 5.05. The Morgan fingerprint density at radius 3 is 2.42 bits per heavy atom. The van der Waals surface area contributed by atoms with Crippen LogP contribution in [-0.4, -0.2) is 11.7 Å². The molecule has 2 aromatic rings. The lowest BCUT2D eigenvalue weighted by atomic mass is 10.1. The Morgan fingerprint density at radius 1 is 1.00 bits per heavy atom. The Bertz CT molecular complexity index is 519. The van der Waals surface area contributed by atoms with Crippen molar-refractivity contribution in [2.45, 2.75) is 26.5 Å². The van der Waals surface area contributed by atoms with Crippen molar-refractivity contribution in [2.75, 3.05) is 6.54 Å². The smallest absolute Gasteiger partial charge is 0.0914 e. The molecule has 0 aliphatic rings. The van der Waals surface area contributed by atoms with Crippen LogP contribution in [0.1, 0.15) is 28.4 Å². The molecule has 0 amide bonds. The normalized spacial score (nSPS) is 12.4. The first-order chi connectivity index (χ1) is 9.15. The fraction of sp³-hybridized carbons (Fsp3) is 0.294. The predicted octanol–water partition coefficient (Wildman–Crippen LogP) is 3.13. The quantitative estimate of drug-likeness (QED) is 0.860. The molecule has 1 unspecified atom stereocenters. The van der Waals surface area contributed by atoms with Gasteiger partial charge in [-0.1, -0.05) is 59.7 Å². The summed E-state index contributed by atoms with van der Waals surface area (Å²) in [6.45, 7) is 5.48. The summed E-state index contributed by atoms with van der Waals surface area (Å²) in [6, 6.07) is 16.4. The lowest BCUT2D eigenvalue weighted by Gasteiger charge is -2.12. The van der Waals surface area contributed by atoms with E-state index in [0.29, 0.717) is 6.54 Å². The van der Waals surface area contributed by atoms with Crippen molar-refractivity contribution in [3.8, 4) is 0 Å². The van der Waals surface area contributed by atoms with Crippen molar-refractivity contribution < 1.29 is 5.11 Å². The van der Waals surface area contributed by atoms with Crippen molar-refractivity contribution in [2.24, 2.45) is 0 Å². The number of aryl methyl sites for hydroxylation is 2. The Morgan fingerprint density at radius 2 is 1.74 bits per heavy atom. The van der Waals surface area contributed by atoms with Crippen LogP contribution in [0.15, 0.2) is 48.5 Å². The fourth-order valence-electron chi connectivity index (χ4n) is 2.08. The molecule has 2 rings (SSSR count). The van der Waals surface area contributed by atoms with Gasteiger partial charge in [-0.15, -0.1) is 0 Å². The van der Waals surface area contributed by atoms with Crippen LogP contribution in [0, 0.1) is 13.8 Å². The molecule has 0 radical (unpaired) electrons. The highest BCUT2D eigenvalue weighted by molar-refractivity contribution is 5.24. The number of hydrogen-bond acceptors (Lipinski definition) is 2. The highest BCUT2D eigenvalue weighted by Crippen LogP contribution is 2.13. The minimum Gasteiger partial charge on any atom is -0.387 e. The van der Waals surface area contributed by atoms with E-state index in [9.17, 15) is 5.11 Å². The Hall–Kier alpha value is -1.64. The monoisotopic (exact) mass is 255 g/mol. The number of aliphatic hydroxyl groups is 1. The van der Waals surface area contributed by atoms with Crippen molar-refractivity contribution in [1.29, 1.82) is 0 Å². The zero-order valence-electron chi connectivity index (χ0n) is 11.6. The third-order valence-electron chi connectivity index (χ3n) is 3.21. The molecule has 2 nitrogen and oxygen atoms in total. The van der Waals surface area contributed by atoms with Gasteiger partial charge in [-0.2, -0.15) is 0 Å². The van der Waals surface area contributed by atoms with E-state index in [1.54, 1.807) is 0 Å². The summed E-state index contributed by atoms with van der Waals surface area (Å²) in [7, 11) is 0. The van der Waals surface area contributed by atoms with E-state index in [2.05, 4.69) is 36.5 Å². The van der Waals surface area contributed by atoms with E-state index in [-0.39, 0.29) is 0 Å². The number of nitrogens with one attached hydrogen (secondary N) is 1. The molecule has 2 N–H and O–H groups in total. The summed E-state index contributed by atoms with van der Waals surface area (Å²) in [4.78, 5) is 0. The van der Waals surface area contributed by atoms with Gasteiger partial charge in [0, 0.05) is 13.1 Å². The summed E-state index contributed by atoms with van der Waals surface area (Å²) < 4.78 is 0. The summed E-state index contributed by atoms with van der Waals surface area (Å²) in [5.41, 5.74) is 4.68.